The lowest BCUT2D eigenvalue weighted by atomic mass is 9.93. The maximum Gasteiger partial charge on any atom is 0.330 e. The third kappa shape index (κ3) is 5.04. The molecule has 0 aliphatic carbocycles. The van der Waals surface area contributed by atoms with Crippen LogP contribution >= 0.6 is 0 Å². The number of nitriles is 1. The minimum Gasteiger partial charge on any atom is -0.497 e. The SMILES string of the molecule is CCOC(=O)C=Cc1c(CC)nc(Oc2ccc3c(c2)OCO3)c(C#N)c1-c1ccc(OC)cc1. The number of hydrogen-bond acceptors (Lipinski definition) is 8. The highest BCUT2D eigenvalue weighted by atomic mass is 16.7. The molecule has 2 aromatic carbocycles. The number of fused-ring (bicyclic) bond motifs is 1. The van der Waals surface area contributed by atoms with Crippen LogP contribution in [0.3, 0.4) is 0 Å². The van der Waals surface area contributed by atoms with E-state index in [2.05, 4.69) is 11.1 Å². The van der Waals surface area contributed by atoms with E-state index in [1.165, 1.54) is 6.08 Å². The molecule has 0 atom stereocenters. The predicted octanol–water partition coefficient (Wildman–Crippen LogP) is 5.29. The fraction of sp³-hybridized carbons (Fsp3) is 0.222. The molecule has 0 bridgehead atoms. The predicted molar refractivity (Wildman–Crippen MR) is 129 cm³/mol. The Labute approximate surface area is 203 Å². The molecule has 0 unspecified atom stereocenters. The molecule has 4 rings (SSSR count). The van der Waals surface area contributed by atoms with Crippen LogP contribution < -0.4 is 18.9 Å². The molecule has 0 N–H and O–H groups in total. The van der Waals surface area contributed by atoms with E-state index in [1.54, 1.807) is 50.4 Å². The zero-order valence-electron chi connectivity index (χ0n) is 19.7. The van der Waals surface area contributed by atoms with Crippen LogP contribution in [0.5, 0.6) is 28.9 Å². The van der Waals surface area contributed by atoms with Gasteiger partial charge in [0.15, 0.2) is 11.5 Å². The summed E-state index contributed by atoms with van der Waals surface area (Å²) in [4.78, 5) is 16.7. The molecule has 1 aliphatic heterocycles. The van der Waals surface area contributed by atoms with Gasteiger partial charge in [-0.25, -0.2) is 9.78 Å². The second-order valence-corrected chi connectivity index (χ2v) is 7.42. The first kappa shape index (κ1) is 23.6. The van der Waals surface area contributed by atoms with Crippen LogP contribution in [0.1, 0.15) is 30.7 Å². The Morgan fingerprint density at radius 2 is 1.86 bits per heavy atom. The molecule has 178 valence electrons. The maximum atomic E-state index is 12.0. The fourth-order valence-electron chi connectivity index (χ4n) is 3.70. The van der Waals surface area contributed by atoms with Gasteiger partial charge in [0.2, 0.25) is 12.7 Å². The Balaban J connectivity index is 1.87. The quantitative estimate of drug-likeness (QED) is 0.322. The van der Waals surface area contributed by atoms with Gasteiger partial charge >= 0.3 is 5.97 Å². The second kappa shape index (κ2) is 10.6. The Morgan fingerprint density at radius 3 is 2.54 bits per heavy atom. The van der Waals surface area contributed by atoms with Gasteiger partial charge in [-0.2, -0.15) is 5.26 Å². The lowest BCUT2D eigenvalue weighted by Gasteiger charge is -2.17. The maximum absolute atomic E-state index is 12.0. The van der Waals surface area contributed by atoms with Crippen LogP contribution in [0, 0.1) is 11.3 Å². The number of nitrogens with zero attached hydrogens (tertiary/aromatic N) is 2. The van der Waals surface area contributed by atoms with Crippen molar-refractivity contribution >= 4 is 12.0 Å². The molecular formula is C27H24N2O6. The molecule has 0 amide bonds. The van der Waals surface area contributed by atoms with Crippen molar-refractivity contribution in [2.75, 3.05) is 20.5 Å². The number of hydrogen-bond donors (Lipinski definition) is 0. The first-order chi connectivity index (χ1) is 17.1. The number of aryl methyl sites for hydroxylation is 1. The smallest absolute Gasteiger partial charge is 0.330 e. The Bertz CT molecular complexity index is 1310. The zero-order valence-corrected chi connectivity index (χ0v) is 19.7. The fourth-order valence-corrected chi connectivity index (χ4v) is 3.70. The summed E-state index contributed by atoms with van der Waals surface area (Å²) in [7, 11) is 1.59. The number of pyridine rings is 1. The molecule has 1 aliphatic rings. The zero-order chi connectivity index (χ0) is 24.8. The van der Waals surface area contributed by atoms with Gasteiger partial charge in [0, 0.05) is 23.3 Å². The molecule has 0 fully saturated rings. The molecule has 35 heavy (non-hydrogen) atoms. The number of esters is 1. The Morgan fingerprint density at radius 1 is 1.11 bits per heavy atom. The topological polar surface area (TPSA) is 99.9 Å². The molecule has 0 spiro atoms. The molecule has 8 heteroatoms. The minimum absolute atomic E-state index is 0.142. The van der Waals surface area contributed by atoms with Gasteiger partial charge in [0.1, 0.15) is 23.1 Å². The van der Waals surface area contributed by atoms with Crippen molar-refractivity contribution in [3.63, 3.8) is 0 Å². The first-order valence-corrected chi connectivity index (χ1v) is 11.1. The Kier molecular flexibility index (Phi) is 7.17. The van der Waals surface area contributed by atoms with Gasteiger partial charge in [0.25, 0.3) is 0 Å². The highest BCUT2D eigenvalue weighted by molar-refractivity contribution is 5.91. The van der Waals surface area contributed by atoms with E-state index in [-0.39, 0.29) is 24.8 Å². The standard InChI is InChI=1S/C27H24N2O6/c1-4-22-20(11-13-25(30)32-5-2)26(17-6-8-18(31-3)9-7-17)21(15-28)27(29-22)35-19-10-12-23-24(14-19)34-16-33-23/h6-14H,4-5,16H2,1-3H3. The van der Waals surface area contributed by atoms with E-state index >= 15 is 0 Å². The van der Waals surface area contributed by atoms with E-state index in [1.807, 2.05) is 19.1 Å². The summed E-state index contributed by atoms with van der Waals surface area (Å²) >= 11 is 0. The molecule has 3 aromatic rings. The number of carbonyl (C=O) groups excluding carboxylic acids is 1. The number of carbonyl (C=O) groups is 1. The lowest BCUT2D eigenvalue weighted by molar-refractivity contribution is -0.137. The van der Waals surface area contributed by atoms with E-state index in [0.717, 1.165) is 5.56 Å². The number of ether oxygens (including phenoxy) is 5. The van der Waals surface area contributed by atoms with Crippen molar-refractivity contribution in [2.45, 2.75) is 20.3 Å². The monoisotopic (exact) mass is 472 g/mol. The highest BCUT2D eigenvalue weighted by Crippen LogP contribution is 2.40. The molecule has 1 aromatic heterocycles. The van der Waals surface area contributed by atoms with E-state index < -0.39 is 5.97 Å². The number of aromatic nitrogens is 1. The van der Waals surface area contributed by atoms with Crippen molar-refractivity contribution in [2.24, 2.45) is 0 Å². The van der Waals surface area contributed by atoms with Crippen LogP contribution in [-0.4, -0.2) is 31.5 Å². The van der Waals surface area contributed by atoms with Crippen molar-refractivity contribution in [1.29, 1.82) is 5.26 Å². The lowest BCUT2D eigenvalue weighted by Crippen LogP contribution is -2.04. The van der Waals surface area contributed by atoms with Gasteiger partial charge in [-0.3, -0.25) is 0 Å². The number of methoxy groups -OCH3 is 1. The largest absolute Gasteiger partial charge is 0.497 e. The van der Waals surface area contributed by atoms with Gasteiger partial charge < -0.3 is 23.7 Å². The van der Waals surface area contributed by atoms with Gasteiger partial charge in [-0.15, -0.1) is 0 Å². The van der Waals surface area contributed by atoms with Gasteiger partial charge in [-0.05, 0) is 49.2 Å². The van der Waals surface area contributed by atoms with Crippen LogP contribution in [-0.2, 0) is 16.0 Å². The van der Waals surface area contributed by atoms with Crippen molar-refractivity contribution in [3.05, 3.63) is 65.4 Å². The summed E-state index contributed by atoms with van der Waals surface area (Å²) in [5.74, 6) is 1.99. The van der Waals surface area contributed by atoms with Gasteiger partial charge in [-0.1, -0.05) is 19.1 Å². The molecule has 0 saturated heterocycles. The van der Waals surface area contributed by atoms with Crippen LogP contribution in [0.4, 0.5) is 0 Å². The van der Waals surface area contributed by atoms with Crippen molar-refractivity contribution in [1.82, 2.24) is 4.98 Å². The molecule has 0 radical (unpaired) electrons. The molecular weight excluding hydrogens is 448 g/mol. The van der Waals surface area contributed by atoms with Gasteiger partial charge in [0.05, 0.1) is 19.4 Å². The van der Waals surface area contributed by atoms with Crippen molar-refractivity contribution in [3.8, 4) is 46.1 Å². The number of rotatable bonds is 8. The first-order valence-electron chi connectivity index (χ1n) is 11.1. The second-order valence-electron chi connectivity index (χ2n) is 7.42. The molecule has 2 heterocycles. The van der Waals surface area contributed by atoms with Crippen LogP contribution in [0.25, 0.3) is 17.2 Å². The third-order valence-corrected chi connectivity index (χ3v) is 5.34. The summed E-state index contributed by atoms with van der Waals surface area (Å²) in [5, 5.41) is 10.2. The highest BCUT2D eigenvalue weighted by Gasteiger charge is 2.22. The summed E-state index contributed by atoms with van der Waals surface area (Å²) < 4.78 is 27.2. The summed E-state index contributed by atoms with van der Waals surface area (Å²) in [6.07, 6.45) is 3.51. The summed E-state index contributed by atoms with van der Waals surface area (Å²) in [5.41, 5.74) is 2.87. The third-order valence-electron chi connectivity index (χ3n) is 5.34. The van der Waals surface area contributed by atoms with Crippen molar-refractivity contribution < 1.29 is 28.5 Å². The Hall–Kier alpha value is -4.51. The summed E-state index contributed by atoms with van der Waals surface area (Å²) in [6, 6.07) is 14.7. The van der Waals surface area contributed by atoms with Crippen LogP contribution in [0.2, 0.25) is 0 Å². The average molecular weight is 472 g/mol. The normalized spacial score (nSPS) is 11.8. The number of benzene rings is 2. The minimum atomic E-state index is -0.477. The van der Waals surface area contributed by atoms with E-state index in [9.17, 15) is 10.1 Å². The molecule has 8 nitrogen and oxygen atoms in total. The summed E-state index contributed by atoms with van der Waals surface area (Å²) in [6.45, 7) is 4.09. The molecule has 0 saturated carbocycles. The van der Waals surface area contributed by atoms with E-state index in [0.29, 0.717) is 46.2 Å². The average Bonchev–Trinajstić information content (AvgIpc) is 3.35. The van der Waals surface area contributed by atoms with Crippen LogP contribution in [0.15, 0.2) is 48.5 Å². The van der Waals surface area contributed by atoms with E-state index in [4.69, 9.17) is 23.7 Å².